The molecule has 0 saturated heterocycles. The van der Waals surface area contributed by atoms with Crippen LogP contribution >= 0.6 is 0 Å². The first kappa shape index (κ1) is 15.0. The van der Waals surface area contributed by atoms with E-state index in [9.17, 15) is 13.6 Å². The number of carbonyl (C=O) groups is 1. The van der Waals surface area contributed by atoms with Gasteiger partial charge in [0.25, 0.3) is 0 Å². The predicted molar refractivity (Wildman–Crippen MR) is 70.7 cm³/mol. The standard InChI is InChI=1S/C14H14F2N2O3/c1-4-21-14(19)13-8(2)18(7-17-13)11-5-9(15)10(16)6-12(11)20-3/h5-7H,4H2,1-3H3. The van der Waals surface area contributed by atoms with Crippen molar-refractivity contribution in [1.82, 2.24) is 9.55 Å². The second-order valence-corrected chi connectivity index (χ2v) is 4.21. The molecule has 0 bridgehead atoms. The van der Waals surface area contributed by atoms with Gasteiger partial charge in [0.2, 0.25) is 0 Å². The normalized spacial score (nSPS) is 10.5. The number of hydrogen-bond donors (Lipinski definition) is 0. The Balaban J connectivity index is 2.53. The van der Waals surface area contributed by atoms with Crippen molar-refractivity contribution in [3.8, 4) is 11.4 Å². The Morgan fingerprint density at radius 2 is 2.00 bits per heavy atom. The summed E-state index contributed by atoms with van der Waals surface area (Å²) in [7, 11) is 1.34. The molecule has 0 N–H and O–H groups in total. The zero-order valence-corrected chi connectivity index (χ0v) is 11.8. The molecule has 0 unspecified atom stereocenters. The van der Waals surface area contributed by atoms with Crippen molar-refractivity contribution in [3.05, 3.63) is 41.5 Å². The summed E-state index contributed by atoms with van der Waals surface area (Å²) in [4.78, 5) is 15.7. The predicted octanol–water partition coefficient (Wildman–Crippen LogP) is 2.64. The summed E-state index contributed by atoms with van der Waals surface area (Å²) in [6.45, 7) is 3.53. The Bertz CT molecular complexity index is 683. The molecule has 0 saturated carbocycles. The first-order chi connectivity index (χ1) is 9.99. The number of carbonyl (C=O) groups excluding carboxylic acids is 1. The minimum absolute atomic E-state index is 0.114. The molecule has 2 rings (SSSR count). The third kappa shape index (κ3) is 2.72. The van der Waals surface area contributed by atoms with E-state index in [4.69, 9.17) is 9.47 Å². The molecule has 0 aliphatic rings. The maximum atomic E-state index is 13.4. The number of esters is 1. The highest BCUT2D eigenvalue weighted by Gasteiger charge is 2.19. The number of halogens is 2. The van der Waals surface area contributed by atoms with Crippen LogP contribution in [0.25, 0.3) is 5.69 Å². The second kappa shape index (κ2) is 5.90. The fourth-order valence-electron chi connectivity index (χ4n) is 1.92. The van der Waals surface area contributed by atoms with Crippen molar-refractivity contribution in [3.63, 3.8) is 0 Å². The molecule has 0 atom stereocenters. The van der Waals surface area contributed by atoms with Gasteiger partial charge in [-0.2, -0.15) is 0 Å². The molecule has 0 spiro atoms. The van der Waals surface area contributed by atoms with Gasteiger partial charge in [0.05, 0.1) is 25.1 Å². The third-order valence-corrected chi connectivity index (χ3v) is 2.96. The van der Waals surface area contributed by atoms with Gasteiger partial charge in [-0.1, -0.05) is 0 Å². The molecule has 5 nitrogen and oxygen atoms in total. The van der Waals surface area contributed by atoms with E-state index >= 15 is 0 Å². The molecule has 1 aromatic carbocycles. The van der Waals surface area contributed by atoms with Crippen LogP contribution in [0.4, 0.5) is 8.78 Å². The van der Waals surface area contributed by atoms with Crippen LogP contribution in [-0.4, -0.2) is 29.2 Å². The fourth-order valence-corrected chi connectivity index (χ4v) is 1.92. The fraction of sp³-hybridized carbons (Fsp3) is 0.286. The van der Waals surface area contributed by atoms with Crippen LogP contribution in [0.15, 0.2) is 18.5 Å². The van der Waals surface area contributed by atoms with Crippen LogP contribution in [0.2, 0.25) is 0 Å². The first-order valence-electron chi connectivity index (χ1n) is 6.24. The Labute approximate surface area is 120 Å². The van der Waals surface area contributed by atoms with E-state index in [1.54, 1.807) is 13.8 Å². The molecule has 1 heterocycles. The van der Waals surface area contributed by atoms with E-state index in [1.807, 2.05) is 0 Å². The summed E-state index contributed by atoms with van der Waals surface area (Å²) in [5, 5.41) is 0. The Kier molecular flexibility index (Phi) is 4.21. The summed E-state index contributed by atoms with van der Waals surface area (Å²) < 4.78 is 38.0. The van der Waals surface area contributed by atoms with Crippen LogP contribution < -0.4 is 4.74 Å². The average Bonchev–Trinajstić information content (AvgIpc) is 2.83. The lowest BCUT2D eigenvalue weighted by molar-refractivity contribution is 0.0519. The van der Waals surface area contributed by atoms with E-state index in [0.717, 1.165) is 12.1 Å². The van der Waals surface area contributed by atoms with E-state index in [0.29, 0.717) is 5.69 Å². The van der Waals surface area contributed by atoms with Crippen molar-refractivity contribution >= 4 is 5.97 Å². The number of aromatic nitrogens is 2. The van der Waals surface area contributed by atoms with Gasteiger partial charge in [-0.3, -0.25) is 4.57 Å². The number of methoxy groups -OCH3 is 1. The monoisotopic (exact) mass is 296 g/mol. The SMILES string of the molecule is CCOC(=O)c1ncn(-c2cc(F)c(F)cc2OC)c1C. The van der Waals surface area contributed by atoms with Gasteiger partial charge < -0.3 is 9.47 Å². The third-order valence-electron chi connectivity index (χ3n) is 2.96. The van der Waals surface area contributed by atoms with Gasteiger partial charge in [-0.05, 0) is 13.8 Å². The summed E-state index contributed by atoms with van der Waals surface area (Å²) in [6, 6.07) is 1.92. The van der Waals surface area contributed by atoms with Crippen LogP contribution in [0.5, 0.6) is 5.75 Å². The number of imidazole rings is 1. The highest BCUT2D eigenvalue weighted by molar-refractivity contribution is 5.88. The summed E-state index contributed by atoms with van der Waals surface area (Å²) in [5.41, 5.74) is 0.804. The highest BCUT2D eigenvalue weighted by Crippen LogP contribution is 2.27. The minimum atomic E-state index is -1.02. The molecular weight excluding hydrogens is 282 g/mol. The number of benzene rings is 1. The molecule has 2 aromatic rings. The molecule has 7 heteroatoms. The quantitative estimate of drug-likeness (QED) is 0.814. The average molecular weight is 296 g/mol. The largest absolute Gasteiger partial charge is 0.494 e. The van der Waals surface area contributed by atoms with Gasteiger partial charge in [-0.15, -0.1) is 0 Å². The minimum Gasteiger partial charge on any atom is -0.494 e. The van der Waals surface area contributed by atoms with E-state index in [2.05, 4.69) is 4.98 Å². The van der Waals surface area contributed by atoms with Crippen LogP contribution in [0.1, 0.15) is 23.1 Å². The van der Waals surface area contributed by atoms with Gasteiger partial charge in [0.15, 0.2) is 17.3 Å². The van der Waals surface area contributed by atoms with Crippen LogP contribution in [0, 0.1) is 18.6 Å². The van der Waals surface area contributed by atoms with Crippen LogP contribution in [0.3, 0.4) is 0 Å². The second-order valence-electron chi connectivity index (χ2n) is 4.21. The van der Waals surface area contributed by atoms with Crippen molar-refractivity contribution in [2.24, 2.45) is 0 Å². The van der Waals surface area contributed by atoms with Crippen molar-refractivity contribution in [2.45, 2.75) is 13.8 Å². The molecular formula is C14H14F2N2O3. The van der Waals surface area contributed by atoms with E-state index in [-0.39, 0.29) is 23.7 Å². The number of rotatable bonds is 4. The van der Waals surface area contributed by atoms with Gasteiger partial charge in [-0.25, -0.2) is 18.6 Å². The number of ether oxygens (including phenoxy) is 2. The molecule has 0 fully saturated rings. The lowest BCUT2D eigenvalue weighted by atomic mass is 10.2. The van der Waals surface area contributed by atoms with E-state index in [1.165, 1.54) is 18.0 Å². The first-order valence-corrected chi connectivity index (χ1v) is 6.24. The lowest BCUT2D eigenvalue weighted by Gasteiger charge is -2.11. The highest BCUT2D eigenvalue weighted by atomic mass is 19.2. The van der Waals surface area contributed by atoms with Crippen molar-refractivity contribution < 1.29 is 23.0 Å². The Hall–Kier alpha value is -2.44. The zero-order valence-electron chi connectivity index (χ0n) is 11.8. The summed E-state index contributed by atoms with van der Waals surface area (Å²) >= 11 is 0. The smallest absolute Gasteiger partial charge is 0.358 e. The number of nitrogens with zero attached hydrogens (tertiary/aromatic N) is 2. The molecule has 0 aliphatic heterocycles. The molecule has 1 aromatic heterocycles. The lowest BCUT2D eigenvalue weighted by Crippen LogP contribution is -2.08. The van der Waals surface area contributed by atoms with Gasteiger partial charge >= 0.3 is 5.97 Å². The number of hydrogen-bond acceptors (Lipinski definition) is 4. The van der Waals surface area contributed by atoms with E-state index < -0.39 is 17.6 Å². The van der Waals surface area contributed by atoms with Crippen molar-refractivity contribution in [2.75, 3.05) is 13.7 Å². The maximum Gasteiger partial charge on any atom is 0.358 e. The van der Waals surface area contributed by atoms with Crippen molar-refractivity contribution in [1.29, 1.82) is 0 Å². The molecule has 21 heavy (non-hydrogen) atoms. The molecule has 112 valence electrons. The molecule has 0 radical (unpaired) electrons. The zero-order chi connectivity index (χ0) is 15.6. The molecule has 0 amide bonds. The topological polar surface area (TPSA) is 53.3 Å². The Morgan fingerprint density at radius 3 is 2.62 bits per heavy atom. The maximum absolute atomic E-state index is 13.4. The summed E-state index contributed by atoms with van der Waals surface area (Å²) in [6.07, 6.45) is 1.33. The van der Waals surface area contributed by atoms with Crippen LogP contribution in [-0.2, 0) is 4.74 Å². The molecule has 0 aliphatic carbocycles. The van der Waals surface area contributed by atoms with Gasteiger partial charge in [0.1, 0.15) is 12.1 Å². The summed E-state index contributed by atoms with van der Waals surface area (Å²) in [5.74, 6) is -2.48. The van der Waals surface area contributed by atoms with Gasteiger partial charge in [0, 0.05) is 12.1 Å². The Morgan fingerprint density at radius 1 is 1.33 bits per heavy atom.